The average Bonchev–Trinajstić information content (AvgIpc) is 3.17. The van der Waals surface area contributed by atoms with Crippen molar-refractivity contribution in [2.75, 3.05) is 11.8 Å². The van der Waals surface area contributed by atoms with Crippen LogP contribution in [0, 0.1) is 12.7 Å². The molecule has 1 aromatic carbocycles. The lowest BCUT2D eigenvalue weighted by molar-refractivity contribution is 0.0600. The standard InChI is InChI=1S/C16H13FN4O4S2/c1-9-11(17)5-10(16(22)25-2)6-13(9)27(23,24)21-14-3-4-19-15(20-14)12-7-18-8-26-12/h3-8H,1-2H3,(H,19,20,21). The number of benzene rings is 1. The van der Waals surface area contributed by atoms with Crippen molar-refractivity contribution < 1.29 is 22.3 Å². The molecule has 2 heterocycles. The second kappa shape index (κ2) is 7.37. The summed E-state index contributed by atoms with van der Waals surface area (Å²) in [5, 5.41) is 0. The first-order valence-corrected chi connectivity index (χ1v) is 9.81. The number of hydrogen-bond acceptors (Lipinski definition) is 8. The number of nitrogens with zero attached hydrogens (tertiary/aromatic N) is 3. The number of carbonyl (C=O) groups excluding carboxylic acids is 1. The third-order valence-electron chi connectivity index (χ3n) is 3.55. The lowest BCUT2D eigenvalue weighted by Crippen LogP contribution is -2.17. The Balaban J connectivity index is 1.99. The highest BCUT2D eigenvalue weighted by Crippen LogP contribution is 2.25. The number of nitrogens with one attached hydrogen (secondary N) is 1. The molecule has 2 aromatic heterocycles. The van der Waals surface area contributed by atoms with Gasteiger partial charge in [0.05, 0.1) is 28.0 Å². The summed E-state index contributed by atoms with van der Waals surface area (Å²) in [6.45, 7) is 1.30. The van der Waals surface area contributed by atoms with Crippen LogP contribution >= 0.6 is 11.3 Å². The molecule has 0 spiro atoms. The van der Waals surface area contributed by atoms with E-state index in [1.165, 1.54) is 30.5 Å². The Morgan fingerprint density at radius 2 is 2.11 bits per heavy atom. The van der Waals surface area contributed by atoms with Crippen LogP contribution in [0.25, 0.3) is 10.7 Å². The molecule has 0 aliphatic rings. The van der Waals surface area contributed by atoms with E-state index in [4.69, 9.17) is 0 Å². The predicted molar refractivity (Wildman–Crippen MR) is 96.4 cm³/mol. The van der Waals surface area contributed by atoms with Crippen molar-refractivity contribution in [2.45, 2.75) is 11.8 Å². The van der Waals surface area contributed by atoms with Crippen molar-refractivity contribution in [1.82, 2.24) is 15.0 Å². The summed E-state index contributed by atoms with van der Waals surface area (Å²) in [5.74, 6) is -1.40. The summed E-state index contributed by atoms with van der Waals surface area (Å²) in [5.41, 5.74) is 1.25. The molecule has 27 heavy (non-hydrogen) atoms. The van der Waals surface area contributed by atoms with Gasteiger partial charge in [-0.3, -0.25) is 9.71 Å². The van der Waals surface area contributed by atoms with E-state index in [1.54, 1.807) is 11.7 Å². The van der Waals surface area contributed by atoms with Gasteiger partial charge in [0.1, 0.15) is 11.6 Å². The van der Waals surface area contributed by atoms with Gasteiger partial charge < -0.3 is 4.74 Å². The Morgan fingerprint density at radius 3 is 2.78 bits per heavy atom. The number of carbonyl (C=O) groups is 1. The predicted octanol–water partition coefficient (Wildman–Crippen LogP) is 2.64. The lowest BCUT2D eigenvalue weighted by atomic mass is 10.1. The quantitative estimate of drug-likeness (QED) is 0.646. The fourth-order valence-corrected chi connectivity index (χ4v) is 4.06. The van der Waals surface area contributed by atoms with Crippen LogP contribution < -0.4 is 4.72 Å². The molecule has 0 amide bonds. The van der Waals surface area contributed by atoms with Crippen LogP contribution in [-0.2, 0) is 14.8 Å². The van der Waals surface area contributed by atoms with E-state index < -0.39 is 21.8 Å². The van der Waals surface area contributed by atoms with Crippen LogP contribution in [0.15, 0.2) is 41.0 Å². The normalized spacial score (nSPS) is 11.2. The second-order valence-electron chi connectivity index (χ2n) is 5.31. The van der Waals surface area contributed by atoms with Gasteiger partial charge in [-0.15, -0.1) is 11.3 Å². The Kier molecular flexibility index (Phi) is 5.15. The molecule has 8 nitrogen and oxygen atoms in total. The molecule has 0 saturated carbocycles. The van der Waals surface area contributed by atoms with Gasteiger partial charge in [-0.05, 0) is 25.1 Å². The maximum Gasteiger partial charge on any atom is 0.337 e. The molecule has 0 aliphatic carbocycles. The van der Waals surface area contributed by atoms with Crippen molar-refractivity contribution >= 4 is 33.1 Å². The monoisotopic (exact) mass is 408 g/mol. The molecule has 0 fully saturated rings. The summed E-state index contributed by atoms with van der Waals surface area (Å²) in [4.78, 5) is 24.1. The molecule has 3 rings (SSSR count). The Hall–Kier alpha value is -2.92. The number of ether oxygens (including phenoxy) is 1. The Morgan fingerprint density at radius 1 is 1.33 bits per heavy atom. The number of esters is 1. The molecule has 3 aromatic rings. The molecular formula is C16H13FN4O4S2. The van der Waals surface area contributed by atoms with Crippen LogP contribution in [-0.4, -0.2) is 36.4 Å². The fourth-order valence-electron chi connectivity index (χ4n) is 2.22. The van der Waals surface area contributed by atoms with E-state index in [-0.39, 0.29) is 21.8 Å². The Bertz CT molecular complexity index is 1100. The van der Waals surface area contributed by atoms with E-state index in [0.29, 0.717) is 10.7 Å². The summed E-state index contributed by atoms with van der Waals surface area (Å²) in [7, 11) is -3.10. The average molecular weight is 408 g/mol. The third kappa shape index (κ3) is 3.93. The molecule has 140 valence electrons. The van der Waals surface area contributed by atoms with Crippen molar-refractivity contribution in [2.24, 2.45) is 0 Å². The summed E-state index contributed by atoms with van der Waals surface area (Å²) in [6.07, 6.45) is 2.94. The number of halogens is 1. The highest BCUT2D eigenvalue weighted by molar-refractivity contribution is 7.92. The van der Waals surface area contributed by atoms with Crippen LogP contribution in [0.5, 0.6) is 0 Å². The molecule has 0 saturated heterocycles. The smallest absolute Gasteiger partial charge is 0.337 e. The minimum Gasteiger partial charge on any atom is -0.465 e. The molecule has 0 radical (unpaired) electrons. The van der Waals surface area contributed by atoms with Gasteiger partial charge in [0.15, 0.2) is 5.82 Å². The Labute approximate surface area is 158 Å². The molecular weight excluding hydrogens is 395 g/mol. The van der Waals surface area contributed by atoms with E-state index in [9.17, 15) is 17.6 Å². The number of anilines is 1. The van der Waals surface area contributed by atoms with Crippen LogP contribution in [0.4, 0.5) is 10.2 Å². The van der Waals surface area contributed by atoms with Crippen molar-refractivity contribution in [3.05, 3.63) is 53.0 Å². The zero-order chi connectivity index (χ0) is 19.6. The van der Waals surface area contributed by atoms with Crippen molar-refractivity contribution in [1.29, 1.82) is 0 Å². The van der Waals surface area contributed by atoms with Gasteiger partial charge in [0, 0.05) is 18.0 Å². The second-order valence-corrected chi connectivity index (χ2v) is 7.85. The topological polar surface area (TPSA) is 111 Å². The van der Waals surface area contributed by atoms with E-state index in [0.717, 1.165) is 19.2 Å². The van der Waals surface area contributed by atoms with Crippen molar-refractivity contribution in [3.63, 3.8) is 0 Å². The number of methoxy groups -OCH3 is 1. The molecule has 0 bridgehead atoms. The molecule has 11 heteroatoms. The van der Waals surface area contributed by atoms with Gasteiger partial charge >= 0.3 is 5.97 Å². The number of hydrogen-bond donors (Lipinski definition) is 1. The summed E-state index contributed by atoms with van der Waals surface area (Å²) < 4.78 is 46.4. The fraction of sp³-hybridized carbons (Fsp3) is 0.125. The van der Waals surface area contributed by atoms with Gasteiger partial charge in [-0.2, -0.15) is 0 Å². The third-order valence-corrected chi connectivity index (χ3v) is 5.80. The van der Waals surface area contributed by atoms with E-state index in [2.05, 4.69) is 24.4 Å². The highest BCUT2D eigenvalue weighted by Gasteiger charge is 2.23. The van der Waals surface area contributed by atoms with Gasteiger partial charge in [-0.25, -0.2) is 27.6 Å². The maximum atomic E-state index is 14.1. The zero-order valence-corrected chi connectivity index (χ0v) is 15.8. The van der Waals surface area contributed by atoms with Crippen LogP contribution in [0.3, 0.4) is 0 Å². The molecule has 1 N–H and O–H groups in total. The first-order chi connectivity index (χ1) is 12.8. The van der Waals surface area contributed by atoms with Gasteiger partial charge in [0.2, 0.25) is 0 Å². The molecule has 0 atom stereocenters. The first kappa shape index (κ1) is 18.9. The lowest BCUT2D eigenvalue weighted by Gasteiger charge is -2.12. The summed E-state index contributed by atoms with van der Waals surface area (Å²) >= 11 is 1.30. The minimum atomic E-state index is -4.22. The van der Waals surface area contributed by atoms with E-state index in [1.807, 2.05) is 0 Å². The van der Waals surface area contributed by atoms with Crippen LogP contribution in [0.2, 0.25) is 0 Å². The van der Waals surface area contributed by atoms with Gasteiger partial charge in [0.25, 0.3) is 10.0 Å². The van der Waals surface area contributed by atoms with Crippen molar-refractivity contribution in [3.8, 4) is 10.7 Å². The van der Waals surface area contributed by atoms with E-state index >= 15 is 0 Å². The van der Waals surface area contributed by atoms with Crippen LogP contribution in [0.1, 0.15) is 15.9 Å². The molecule has 0 unspecified atom stereocenters. The largest absolute Gasteiger partial charge is 0.465 e. The maximum absolute atomic E-state index is 14.1. The summed E-state index contributed by atoms with van der Waals surface area (Å²) in [6, 6.07) is 3.34. The zero-order valence-electron chi connectivity index (χ0n) is 14.1. The highest BCUT2D eigenvalue weighted by atomic mass is 32.2. The first-order valence-electron chi connectivity index (χ1n) is 7.45. The van der Waals surface area contributed by atoms with Gasteiger partial charge in [-0.1, -0.05) is 0 Å². The molecule has 0 aliphatic heterocycles. The number of thiazole rings is 1. The number of sulfonamides is 1. The number of rotatable bonds is 5. The minimum absolute atomic E-state index is 0.00307. The SMILES string of the molecule is COC(=O)c1cc(F)c(C)c(S(=O)(=O)Nc2ccnc(-c3cncs3)n2)c1. The number of aromatic nitrogens is 3.